The van der Waals surface area contributed by atoms with Gasteiger partial charge in [0.2, 0.25) is 0 Å². The van der Waals surface area contributed by atoms with Gasteiger partial charge in [-0.1, -0.05) is 109 Å². The second kappa shape index (κ2) is 10.7. The molecule has 0 saturated heterocycles. The van der Waals surface area contributed by atoms with Crippen molar-refractivity contribution in [3.63, 3.8) is 0 Å². The Morgan fingerprint density at radius 2 is 1.17 bits per heavy atom. The third-order valence-corrected chi connectivity index (χ3v) is 13.5. The van der Waals surface area contributed by atoms with Crippen molar-refractivity contribution in [2.45, 2.75) is 12.8 Å². The third-order valence-electron chi connectivity index (χ3n) is 11.1. The standard InChI is InChI=1S/C48H28N2S2/c1-7-19-37(49-39-21-9-3-17-35(39)45-41(49)27-25-33-31-15-5-11-23-43(31)51-47(33)45)29(13-1)30-14-2-8-20-38(30)50-40-22-10-4-18-36(40)46-42(50)28-26-34-32-16-6-12-24-44(32)52-48(34)46/h1,3-8,10-13,15-20,22-28H,9,21H2. The predicted octanol–water partition coefficient (Wildman–Crippen LogP) is 13.7. The minimum atomic E-state index is 0.997. The zero-order valence-corrected chi connectivity index (χ0v) is 29.6. The number of allylic oxidation sites excluding steroid dienone is 1. The highest BCUT2D eigenvalue weighted by Gasteiger charge is 2.25. The lowest BCUT2D eigenvalue weighted by atomic mass is 10.0. The minimum Gasteiger partial charge on any atom is -0.312 e. The van der Waals surface area contributed by atoms with E-state index in [2.05, 4.69) is 161 Å². The monoisotopic (exact) mass is 696 g/mol. The SMILES string of the molecule is c1ccc(-n2c3ccccc3c3c4sc5ccccc5c4ccc32)c(-c2ccccc2-n2c3c(c4c5sc6ccccc6c5ccc42)C=CCC3)c#1. The van der Waals surface area contributed by atoms with Crippen LogP contribution in [0, 0.1) is 12.1 Å². The van der Waals surface area contributed by atoms with Gasteiger partial charge in [0, 0.05) is 73.3 Å². The summed E-state index contributed by atoms with van der Waals surface area (Å²) in [7, 11) is 0. The van der Waals surface area contributed by atoms with E-state index in [1.54, 1.807) is 0 Å². The third kappa shape index (κ3) is 3.79. The number of fused-ring (bicyclic) bond motifs is 14. The summed E-state index contributed by atoms with van der Waals surface area (Å²) < 4.78 is 10.4. The van der Waals surface area contributed by atoms with E-state index in [1.807, 2.05) is 28.7 Å². The molecule has 0 aliphatic heterocycles. The summed E-state index contributed by atoms with van der Waals surface area (Å²) in [6.07, 6.45) is 6.74. The molecule has 0 N–H and O–H groups in total. The molecule has 4 heterocycles. The van der Waals surface area contributed by atoms with Gasteiger partial charge in [-0.25, -0.2) is 0 Å². The molecular formula is C48H28N2S2. The second-order valence-corrected chi connectivity index (χ2v) is 15.8. The van der Waals surface area contributed by atoms with Gasteiger partial charge in [-0.05, 0) is 61.4 Å². The number of thiophene rings is 2. The zero-order valence-electron chi connectivity index (χ0n) is 28.0. The molecule has 0 spiro atoms. The summed E-state index contributed by atoms with van der Waals surface area (Å²) in [6, 6.07) is 55.9. The lowest BCUT2D eigenvalue weighted by Gasteiger charge is -2.19. The molecule has 11 aromatic rings. The van der Waals surface area contributed by atoms with Gasteiger partial charge in [0.1, 0.15) is 0 Å². The predicted molar refractivity (Wildman–Crippen MR) is 224 cm³/mol. The highest BCUT2D eigenvalue weighted by molar-refractivity contribution is 7.27. The largest absolute Gasteiger partial charge is 0.312 e. The number of rotatable bonds is 3. The van der Waals surface area contributed by atoms with E-state index in [4.69, 9.17) is 0 Å². The average molecular weight is 697 g/mol. The number of hydrogen-bond donors (Lipinski definition) is 0. The highest BCUT2D eigenvalue weighted by atomic mass is 32.1. The summed E-state index contributed by atoms with van der Waals surface area (Å²) in [6.45, 7) is 0. The fourth-order valence-electron chi connectivity index (χ4n) is 8.91. The van der Waals surface area contributed by atoms with Gasteiger partial charge in [-0.2, -0.15) is 0 Å². The van der Waals surface area contributed by atoms with Gasteiger partial charge in [-0.3, -0.25) is 0 Å². The Balaban J connectivity index is 1.15. The van der Waals surface area contributed by atoms with E-state index >= 15 is 0 Å². The lowest BCUT2D eigenvalue weighted by molar-refractivity contribution is 0.889. The summed E-state index contributed by atoms with van der Waals surface area (Å²) in [5, 5.41) is 9.26. The summed E-state index contributed by atoms with van der Waals surface area (Å²) >= 11 is 3.81. The van der Waals surface area contributed by atoms with E-state index < -0.39 is 0 Å². The molecule has 0 amide bonds. The van der Waals surface area contributed by atoms with E-state index in [0.29, 0.717) is 0 Å². The van der Waals surface area contributed by atoms with Crippen LogP contribution in [0.25, 0.3) is 102 Å². The maximum atomic E-state index is 3.64. The molecule has 0 saturated carbocycles. The van der Waals surface area contributed by atoms with Gasteiger partial charge >= 0.3 is 0 Å². The van der Waals surface area contributed by atoms with E-state index in [9.17, 15) is 0 Å². The number of para-hydroxylation sites is 2. The molecule has 4 heteroatoms. The van der Waals surface area contributed by atoms with Crippen LogP contribution in [0.15, 0.2) is 140 Å². The molecule has 2 nitrogen and oxygen atoms in total. The van der Waals surface area contributed by atoms with Crippen molar-refractivity contribution in [1.82, 2.24) is 9.13 Å². The van der Waals surface area contributed by atoms with Crippen LogP contribution in [0.5, 0.6) is 0 Å². The Morgan fingerprint density at radius 1 is 0.519 bits per heavy atom. The van der Waals surface area contributed by atoms with Gasteiger partial charge in [0.05, 0.1) is 33.5 Å². The van der Waals surface area contributed by atoms with E-state index in [1.165, 1.54) is 90.0 Å². The van der Waals surface area contributed by atoms with E-state index in [-0.39, 0.29) is 0 Å². The molecule has 0 unspecified atom stereocenters. The lowest BCUT2D eigenvalue weighted by Crippen LogP contribution is -2.05. The Labute approximate surface area is 307 Å². The molecule has 0 bridgehead atoms. The molecule has 0 atom stereocenters. The van der Waals surface area contributed by atoms with Gasteiger partial charge in [0.25, 0.3) is 0 Å². The van der Waals surface area contributed by atoms with Crippen LogP contribution < -0.4 is 0 Å². The van der Waals surface area contributed by atoms with Crippen molar-refractivity contribution in [2.24, 2.45) is 0 Å². The first-order valence-corrected chi connectivity index (χ1v) is 19.5. The Hall–Kier alpha value is -6.12. The van der Waals surface area contributed by atoms with Crippen LogP contribution in [-0.2, 0) is 6.42 Å². The van der Waals surface area contributed by atoms with Gasteiger partial charge < -0.3 is 9.13 Å². The maximum absolute atomic E-state index is 3.64. The molecule has 0 radical (unpaired) electrons. The number of aromatic nitrogens is 2. The van der Waals surface area contributed by atoms with Crippen LogP contribution >= 0.6 is 22.7 Å². The van der Waals surface area contributed by atoms with Gasteiger partial charge in [0.15, 0.2) is 0 Å². The molecule has 7 aromatic carbocycles. The van der Waals surface area contributed by atoms with Crippen LogP contribution in [-0.4, -0.2) is 9.13 Å². The zero-order chi connectivity index (χ0) is 33.9. The molecule has 4 aromatic heterocycles. The maximum Gasteiger partial charge on any atom is 0.0632 e. The normalized spacial score (nSPS) is 13.0. The Morgan fingerprint density at radius 3 is 1.96 bits per heavy atom. The quantitative estimate of drug-likeness (QED) is 0.174. The minimum absolute atomic E-state index is 0.997. The first-order valence-electron chi connectivity index (χ1n) is 17.8. The topological polar surface area (TPSA) is 9.86 Å². The Kier molecular flexibility index (Phi) is 5.88. The van der Waals surface area contributed by atoms with Crippen molar-refractivity contribution >= 4 is 102 Å². The van der Waals surface area contributed by atoms with Crippen molar-refractivity contribution < 1.29 is 0 Å². The smallest absolute Gasteiger partial charge is 0.0632 e. The van der Waals surface area contributed by atoms with Crippen LogP contribution in [0.4, 0.5) is 0 Å². The molecular weight excluding hydrogens is 669 g/mol. The molecule has 52 heavy (non-hydrogen) atoms. The number of hydrogen-bond acceptors (Lipinski definition) is 2. The fraction of sp³-hybridized carbons (Fsp3) is 0.0417. The van der Waals surface area contributed by atoms with Crippen molar-refractivity contribution in [1.29, 1.82) is 0 Å². The first kappa shape index (κ1) is 28.6. The van der Waals surface area contributed by atoms with E-state index in [0.717, 1.165) is 29.7 Å². The number of nitrogens with zero attached hydrogens (tertiary/aromatic N) is 2. The molecule has 1 aliphatic carbocycles. The molecule has 12 rings (SSSR count). The summed E-state index contributed by atoms with van der Waals surface area (Å²) in [5.74, 6) is 0. The molecule has 1 aliphatic rings. The van der Waals surface area contributed by atoms with Crippen LogP contribution in [0.2, 0.25) is 0 Å². The summed E-state index contributed by atoms with van der Waals surface area (Å²) in [4.78, 5) is 0. The fourth-order valence-corrected chi connectivity index (χ4v) is 11.4. The van der Waals surface area contributed by atoms with Crippen molar-refractivity contribution in [3.8, 4) is 22.5 Å². The molecule has 0 fully saturated rings. The van der Waals surface area contributed by atoms with Crippen LogP contribution in [0.1, 0.15) is 17.7 Å². The second-order valence-electron chi connectivity index (χ2n) is 13.7. The average Bonchev–Trinajstić information content (AvgIpc) is 3.95. The highest BCUT2D eigenvalue weighted by Crippen LogP contribution is 2.47. The Bertz CT molecular complexity index is 3310. The first-order chi connectivity index (χ1) is 25.8. The summed E-state index contributed by atoms with van der Waals surface area (Å²) in [5.41, 5.74) is 10.9. The van der Waals surface area contributed by atoms with Crippen molar-refractivity contribution in [2.75, 3.05) is 0 Å². The van der Waals surface area contributed by atoms with Crippen LogP contribution in [0.3, 0.4) is 0 Å². The van der Waals surface area contributed by atoms with Gasteiger partial charge in [-0.15, -0.1) is 22.7 Å². The van der Waals surface area contributed by atoms with Crippen molar-refractivity contribution in [3.05, 3.63) is 163 Å². The number of benzene rings is 6. The molecule has 242 valence electrons.